The molecule has 8 heteroatoms. The van der Waals surface area contributed by atoms with Gasteiger partial charge in [0.25, 0.3) is 5.91 Å². The van der Waals surface area contributed by atoms with Crippen molar-refractivity contribution in [3.05, 3.63) is 77.2 Å². The molecule has 2 aromatic carbocycles. The first-order chi connectivity index (χ1) is 14.0. The average Bonchev–Trinajstić information content (AvgIpc) is 2.70. The van der Waals surface area contributed by atoms with E-state index in [4.69, 9.17) is 4.74 Å². The number of hydrogen-bond donors (Lipinski definition) is 3. The van der Waals surface area contributed by atoms with Crippen molar-refractivity contribution in [1.29, 1.82) is 0 Å². The van der Waals surface area contributed by atoms with E-state index in [1.165, 1.54) is 18.3 Å². The highest BCUT2D eigenvalue weighted by molar-refractivity contribution is 6.04. The van der Waals surface area contributed by atoms with Gasteiger partial charge in [0.1, 0.15) is 11.6 Å². The summed E-state index contributed by atoms with van der Waals surface area (Å²) in [5.74, 6) is -0.229. The molecule has 0 unspecified atom stereocenters. The molecule has 0 aliphatic carbocycles. The molecule has 3 amide bonds. The Kier molecular flexibility index (Phi) is 4.82. The number of pyridine rings is 1. The predicted octanol–water partition coefficient (Wildman–Crippen LogP) is 4.21. The van der Waals surface area contributed by atoms with Gasteiger partial charge in [-0.25, -0.2) is 14.2 Å². The van der Waals surface area contributed by atoms with Crippen molar-refractivity contribution >= 4 is 23.4 Å². The summed E-state index contributed by atoms with van der Waals surface area (Å²) in [6.07, 6.45) is 1.47. The summed E-state index contributed by atoms with van der Waals surface area (Å²) in [6, 6.07) is 12.5. The Morgan fingerprint density at radius 2 is 2.03 bits per heavy atom. The van der Waals surface area contributed by atoms with E-state index in [1.807, 2.05) is 13.0 Å². The van der Waals surface area contributed by atoms with Gasteiger partial charge >= 0.3 is 6.03 Å². The molecule has 2 heterocycles. The van der Waals surface area contributed by atoms with E-state index in [0.717, 1.165) is 5.56 Å². The zero-order valence-corrected chi connectivity index (χ0v) is 15.5. The number of urea groups is 1. The predicted molar refractivity (Wildman–Crippen MR) is 106 cm³/mol. The van der Waals surface area contributed by atoms with Crippen LogP contribution in [0.3, 0.4) is 0 Å². The van der Waals surface area contributed by atoms with Crippen LogP contribution in [0.5, 0.6) is 11.5 Å². The van der Waals surface area contributed by atoms with Crippen LogP contribution in [0.4, 0.5) is 20.7 Å². The quantitative estimate of drug-likeness (QED) is 0.620. The number of nitrogens with zero attached hydrogens (tertiary/aromatic N) is 1. The largest absolute Gasteiger partial charge is 0.454 e. The minimum Gasteiger partial charge on any atom is -0.454 e. The number of fused-ring (bicyclic) bond motifs is 1. The van der Waals surface area contributed by atoms with Crippen LogP contribution in [-0.2, 0) is 6.54 Å². The van der Waals surface area contributed by atoms with Crippen LogP contribution in [0, 0.1) is 12.7 Å². The fourth-order valence-corrected chi connectivity index (χ4v) is 2.94. The lowest BCUT2D eigenvalue weighted by molar-refractivity contribution is 0.102. The number of carbonyl (C=O) groups is 2. The summed E-state index contributed by atoms with van der Waals surface area (Å²) in [4.78, 5) is 27.8. The fraction of sp³-hybridized carbons (Fsp3) is 0.0952. The second-order valence-corrected chi connectivity index (χ2v) is 6.51. The van der Waals surface area contributed by atoms with E-state index in [9.17, 15) is 14.0 Å². The number of carbonyl (C=O) groups excluding carboxylic acids is 2. The molecular formula is C21H17FN4O3. The normalized spacial score (nSPS) is 12.4. The molecule has 146 valence electrons. The summed E-state index contributed by atoms with van der Waals surface area (Å²) in [5.41, 5.74) is 2.37. The SMILES string of the molecule is Cc1cccc(C(=O)Nc2ccc(Oc3ccnc4c3CNC(=O)N4)c(F)c2)c1. The van der Waals surface area contributed by atoms with Crippen molar-refractivity contribution < 1.29 is 18.7 Å². The molecule has 3 N–H and O–H groups in total. The number of benzene rings is 2. The summed E-state index contributed by atoms with van der Waals surface area (Å²) in [7, 11) is 0. The van der Waals surface area contributed by atoms with Crippen molar-refractivity contribution in [3.63, 3.8) is 0 Å². The number of aryl methyl sites for hydroxylation is 1. The number of halogens is 1. The highest BCUT2D eigenvalue weighted by Gasteiger charge is 2.20. The molecule has 4 rings (SSSR count). The van der Waals surface area contributed by atoms with Gasteiger partial charge in [-0.2, -0.15) is 0 Å². The van der Waals surface area contributed by atoms with Gasteiger partial charge in [0.2, 0.25) is 0 Å². The molecule has 1 aliphatic rings. The minimum atomic E-state index is -0.634. The lowest BCUT2D eigenvalue weighted by Gasteiger charge is -2.20. The molecule has 0 bridgehead atoms. The van der Waals surface area contributed by atoms with E-state index in [2.05, 4.69) is 20.9 Å². The van der Waals surface area contributed by atoms with Crippen molar-refractivity contribution in [2.45, 2.75) is 13.5 Å². The first-order valence-corrected chi connectivity index (χ1v) is 8.88. The Balaban J connectivity index is 1.52. The summed E-state index contributed by atoms with van der Waals surface area (Å²) < 4.78 is 20.3. The van der Waals surface area contributed by atoms with Crippen LogP contribution in [0.25, 0.3) is 0 Å². The van der Waals surface area contributed by atoms with Crippen LogP contribution in [0.1, 0.15) is 21.5 Å². The third-order valence-corrected chi connectivity index (χ3v) is 4.36. The molecule has 0 radical (unpaired) electrons. The van der Waals surface area contributed by atoms with Gasteiger partial charge < -0.3 is 15.4 Å². The summed E-state index contributed by atoms with van der Waals surface area (Å²) in [6.45, 7) is 2.11. The van der Waals surface area contributed by atoms with E-state index in [0.29, 0.717) is 28.4 Å². The average molecular weight is 392 g/mol. The molecule has 0 fully saturated rings. The number of hydrogen-bond acceptors (Lipinski definition) is 4. The molecule has 29 heavy (non-hydrogen) atoms. The fourth-order valence-electron chi connectivity index (χ4n) is 2.94. The van der Waals surface area contributed by atoms with Crippen LogP contribution < -0.4 is 20.7 Å². The van der Waals surface area contributed by atoms with Crippen molar-refractivity contribution in [2.75, 3.05) is 10.6 Å². The van der Waals surface area contributed by atoms with Gasteiger partial charge in [0.05, 0.1) is 12.1 Å². The summed E-state index contributed by atoms with van der Waals surface area (Å²) >= 11 is 0. The highest BCUT2D eigenvalue weighted by atomic mass is 19.1. The third kappa shape index (κ3) is 4.01. The Hall–Kier alpha value is -3.94. The Morgan fingerprint density at radius 1 is 1.17 bits per heavy atom. The van der Waals surface area contributed by atoms with Gasteiger partial charge in [0, 0.05) is 23.5 Å². The summed E-state index contributed by atoms with van der Waals surface area (Å²) in [5, 5.41) is 7.86. The molecule has 0 saturated carbocycles. The maximum Gasteiger partial charge on any atom is 0.320 e. The van der Waals surface area contributed by atoms with Gasteiger partial charge in [0.15, 0.2) is 11.6 Å². The van der Waals surface area contributed by atoms with Crippen molar-refractivity contribution in [2.24, 2.45) is 0 Å². The topological polar surface area (TPSA) is 92.3 Å². The third-order valence-electron chi connectivity index (χ3n) is 4.36. The smallest absolute Gasteiger partial charge is 0.320 e. The maximum absolute atomic E-state index is 14.6. The van der Waals surface area contributed by atoms with Crippen LogP contribution in [0.15, 0.2) is 54.7 Å². The monoisotopic (exact) mass is 392 g/mol. The molecule has 0 atom stereocenters. The molecule has 0 saturated heterocycles. The van der Waals surface area contributed by atoms with E-state index < -0.39 is 5.82 Å². The maximum atomic E-state index is 14.6. The molecule has 1 aromatic heterocycles. The van der Waals surface area contributed by atoms with Crippen LogP contribution in [0.2, 0.25) is 0 Å². The Bertz CT molecular complexity index is 1120. The zero-order chi connectivity index (χ0) is 20.4. The first kappa shape index (κ1) is 18.4. The number of amides is 3. The number of nitrogens with one attached hydrogen (secondary N) is 3. The van der Waals surface area contributed by atoms with E-state index in [1.54, 1.807) is 30.3 Å². The highest BCUT2D eigenvalue weighted by Crippen LogP contribution is 2.32. The van der Waals surface area contributed by atoms with E-state index >= 15 is 0 Å². The zero-order valence-electron chi connectivity index (χ0n) is 15.5. The second kappa shape index (κ2) is 7.59. The van der Waals surface area contributed by atoms with Crippen LogP contribution >= 0.6 is 0 Å². The van der Waals surface area contributed by atoms with Gasteiger partial charge in [-0.15, -0.1) is 0 Å². The van der Waals surface area contributed by atoms with Gasteiger partial charge in [-0.3, -0.25) is 10.1 Å². The second-order valence-electron chi connectivity index (χ2n) is 6.51. The lowest BCUT2D eigenvalue weighted by Crippen LogP contribution is -2.34. The van der Waals surface area contributed by atoms with Crippen molar-refractivity contribution in [3.8, 4) is 11.5 Å². The Morgan fingerprint density at radius 3 is 2.83 bits per heavy atom. The number of aromatic nitrogens is 1. The molecule has 1 aliphatic heterocycles. The standard InChI is InChI=1S/C21H17FN4O3/c1-12-3-2-4-13(9-12)20(27)25-14-5-6-18(16(22)10-14)29-17-7-8-23-19-15(17)11-24-21(28)26-19/h2-10H,11H2,1H3,(H,25,27)(H2,23,24,26,28). The minimum absolute atomic E-state index is 0.0103. The number of ether oxygens (including phenoxy) is 1. The molecule has 0 spiro atoms. The van der Waals surface area contributed by atoms with Crippen molar-refractivity contribution in [1.82, 2.24) is 10.3 Å². The number of anilines is 2. The van der Waals surface area contributed by atoms with Gasteiger partial charge in [-0.1, -0.05) is 17.7 Å². The van der Waals surface area contributed by atoms with E-state index in [-0.39, 0.29) is 24.2 Å². The number of rotatable bonds is 4. The molecular weight excluding hydrogens is 375 g/mol. The molecule has 7 nitrogen and oxygen atoms in total. The van der Waals surface area contributed by atoms with Crippen LogP contribution in [-0.4, -0.2) is 16.9 Å². The molecule has 3 aromatic rings. The lowest BCUT2D eigenvalue weighted by atomic mass is 10.1. The Labute approximate surface area is 165 Å². The first-order valence-electron chi connectivity index (χ1n) is 8.88. The van der Waals surface area contributed by atoms with Gasteiger partial charge in [-0.05, 0) is 37.3 Å².